The third-order valence-corrected chi connectivity index (χ3v) is 3.68. The summed E-state index contributed by atoms with van der Waals surface area (Å²) >= 11 is 0. The van der Waals surface area contributed by atoms with Crippen LogP contribution in [0.4, 0.5) is 0 Å². The van der Waals surface area contributed by atoms with E-state index in [2.05, 4.69) is 25.8 Å². The van der Waals surface area contributed by atoms with Crippen LogP contribution in [-0.4, -0.2) is 14.7 Å². The highest BCUT2D eigenvalue weighted by Crippen LogP contribution is 2.29. The van der Waals surface area contributed by atoms with Gasteiger partial charge in [0, 0.05) is 18.9 Å². The Morgan fingerprint density at radius 3 is 2.63 bits per heavy atom. The Kier molecular flexibility index (Phi) is 3.76. The van der Waals surface area contributed by atoms with E-state index in [1.807, 2.05) is 35.9 Å². The van der Waals surface area contributed by atoms with Crippen molar-refractivity contribution >= 4 is 0 Å². The van der Waals surface area contributed by atoms with Crippen molar-refractivity contribution in [3.63, 3.8) is 0 Å². The molecule has 0 amide bonds. The monoisotopic (exact) mass is 258 g/mol. The molecule has 0 saturated carbocycles. The second kappa shape index (κ2) is 5.17. The van der Waals surface area contributed by atoms with Gasteiger partial charge in [-0.2, -0.15) is 0 Å². The number of aliphatic hydroxyl groups is 1. The molecular formula is C16H22N2O. The average molecular weight is 258 g/mol. The summed E-state index contributed by atoms with van der Waals surface area (Å²) in [5.74, 6) is 0.706. The summed E-state index contributed by atoms with van der Waals surface area (Å²) in [6.45, 7) is 8.94. The summed E-state index contributed by atoms with van der Waals surface area (Å²) in [7, 11) is 0. The van der Waals surface area contributed by atoms with Gasteiger partial charge in [0.2, 0.25) is 0 Å². The molecule has 0 radical (unpaired) electrons. The van der Waals surface area contributed by atoms with Crippen LogP contribution in [0.3, 0.4) is 0 Å². The van der Waals surface area contributed by atoms with E-state index in [1.165, 1.54) is 11.1 Å². The van der Waals surface area contributed by atoms with E-state index < -0.39 is 5.60 Å². The first-order valence-corrected chi connectivity index (χ1v) is 6.78. The van der Waals surface area contributed by atoms with Crippen molar-refractivity contribution in [3.05, 3.63) is 53.1 Å². The first-order chi connectivity index (χ1) is 8.96. The van der Waals surface area contributed by atoms with Gasteiger partial charge < -0.3 is 9.67 Å². The second-order valence-electron chi connectivity index (χ2n) is 5.32. The Labute approximate surface area is 114 Å². The quantitative estimate of drug-likeness (QED) is 0.914. The molecule has 1 aromatic heterocycles. The lowest BCUT2D eigenvalue weighted by molar-refractivity contribution is 0.0878. The summed E-state index contributed by atoms with van der Waals surface area (Å²) in [6, 6.07) is 6.07. The molecule has 1 heterocycles. The molecule has 3 nitrogen and oxygen atoms in total. The summed E-state index contributed by atoms with van der Waals surface area (Å²) < 4.78 is 2.02. The minimum absolute atomic E-state index is 0.706. The molecule has 1 N–H and O–H groups in total. The smallest absolute Gasteiger partial charge is 0.145 e. The van der Waals surface area contributed by atoms with E-state index in [4.69, 9.17) is 0 Å². The van der Waals surface area contributed by atoms with Crippen molar-refractivity contribution in [3.8, 4) is 0 Å². The molecule has 102 valence electrons. The normalized spacial score (nSPS) is 14.4. The van der Waals surface area contributed by atoms with E-state index in [0.717, 1.165) is 18.5 Å². The van der Waals surface area contributed by atoms with Crippen molar-refractivity contribution < 1.29 is 5.11 Å². The van der Waals surface area contributed by atoms with E-state index >= 15 is 0 Å². The molecule has 19 heavy (non-hydrogen) atoms. The molecule has 0 spiro atoms. The molecule has 1 aromatic carbocycles. The number of hydrogen-bond acceptors (Lipinski definition) is 2. The molecule has 0 aliphatic carbocycles. The molecule has 0 fully saturated rings. The zero-order valence-electron chi connectivity index (χ0n) is 12.1. The molecule has 0 aliphatic heterocycles. The van der Waals surface area contributed by atoms with Crippen LogP contribution in [0, 0.1) is 13.8 Å². The molecule has 1 unspecified atom stereocenters. The Morgan fingerprint density at radius 1 is 1.26 bits per heavy atom. The van der Waals surface area contributed by atoms with Gasteiger partial charge in [0.15, 0.2) is 0 Å². The Morgan fingerprint density at radius 2 is 2.00 bits per heavy atom. The van der Waals surface area contributed by atoms with Gasteiger partial charge >= 0.3 is 0 Å². The molecule has 0 saturated heterocycles. The van der Waals surface area contributed by atoms with Gasteiger partial charge in [-0.3, -0.25) is 0 Å². The van der Waals surface area contributed by atoms with Crippen molar-refractivity contribution in [2.75, 3.05) is 0 Å². The highest BCUT2D eigenvalue weighted by molar-refractivity contribution is 5.36. The maximum Gasteiger partial charge on any atom is 0.145 e. The van der Waals surface area contributed by atoms with Crippen LogP contribution in [0.2, 0.25) is 0 Å². The molecule has 2 rings (SSSR count). The number of rotatable bonds is 4. The number of hydrogen-bond donors (Lipinski definition) is 1. The fraction of sp³-hybridized carbons (Fsp3) is 0.438. The van der Waals surface area contributed by atoms with Crippen LogP contribution in [0.5, 0.6) is 0 Å². The minimum Gasteiger partial charge on any atom is -0.377 e. The fourth-order valence-electron chi connectivity index (χ4n) is 2.33. The number of aryl methyl sites for hydroxylation is 3. The van der Waals surface area contributed by atoms with Crippen LogP contribution < -0.4 is 0 Å². The van der Waals surface area contributed by atoms with Crippen LogP contribution in [-0.2, 0) is 12.1 Å². The lowest BCUT2D eigenvalue weighted by Gasteiger charge is -2.25. The van der Waals surface area contributed by atoms with Gasteiger partial charge in [-0.25, -0.2) is 4.98 Å². The number of benzene rings is 1. The minimum atomic E-state index is -1.06. The Bertz CT molecular complexity index is 570. The zero-order valence-corrected chi connectivity index (χ0v) is 12.1. The molecule has 0 aliphatic rings. The summed E-state index contributed by atoms with van der Waals surface area (Å²) in [5, 5.41) is 10.9. The number of nitrogens with zero attached hydrogens (tertiary/aromatic N) is 2. The van der Waals surface area contributed by atoms with Gasteiger partial charge in [-0.05, 0) is 43.9 Å². The van der Waals surface area contributed by atoms with Crippen molar-refractivity contribution in [1.29, 1.82) is 0 Å². The van der Waals surface area contributed by atoms with Crippen LogP contribution in [0.15, 0.2) is 30.6 Å². The van der Waals surface area contributed by atoms with Crippen LogP contribution >= 0.6 is 0 Å². The van der Waals surface area contributed by atoms with Gasteiger partial charge in [-0.1, -0.05) is 25.1 Å². The van der Waals surface area contributed by atoms with E-state index in [0.29, 0.717) is 5.82 Å². The van der Waals surface area contributed by atoms with E-state index in [-0.39, 0.29) is 0 Å². The zero-order chi connectivity index (χ0) is 14.0. The standard InChI is InChI=1S/C16H22N2O/c1-5-9-18-10-8-17-15(18)16(4,19)14-7-6-12(2)13(3)11-14/h6-8,10-11,19H,5,9H2,1-4H3. The molecular weight excluding hydrogens is 236 g/mol. The Balaban J connectivity index is 2.45. The summed E-state index contributed by atoms with van der Waals surface area (Å²) in [4.78, 5) is 4.35. The third kappa shape index (κ3) is 2.56. The van der Waals surface area contributed by atoms with Gasteiger partial charge in [0.1, 0.15) is 11.4 Å². The summed E-state index contributed by atoms with van der Waals surface area (Å²) in [6.07, 6.45) is 4.70. The summed E-state index contributed by atoms with van der Waals surface area (Å²) in [5.41, 5.74) is 2.25. The first-order valence-electron chi connectivity index (χ1n) is 6.78. The van der Waals surface area contributed by atoms with Gasteiger partial charge in [-0.15, -0.1) is 0 Å². The molecule has 2 aromatic rings. The van der Waals surface area contributed by atoms with Crippen molar-refractivity contribution in [1.82, 2.24) is 9.55 Å². The number of aromatic nitrogens is 2. The highest BCUT2D eigenvalue weighted by Gasteiger charge is 2.30. The van der Waals surface area contributed by atoms with Gasteiger partial charge in [0.25, 0.3) is 0 Å². The Hall–Kier alpha value is -1.61. The fourth-order valence-corrected chi connectivity index (χ4v) is 2.33. The maximum absolute atomic E-state index is 10.9. The average Bonchev–Trinajstić information content (AvgIpc) is 2.82. The van der Waals surface area contributed by atoms with E-state index in [1.54, 1.807) is 6.20 Å². The topological polar surface area (TPSA) is 38.0 Å². The van der Waals surface area contributed by atoms with E-state index in [9.17, 15) is 5.11 Å². The van der Waals surface area contributed by atoms with Gasteiger partial charge in [0.05, 0.1) is 0 Å². The van der Waals surface area contributed by atoms with Crippen LogP contribution in [0.1, 0.15) is 42.8 Å². The SMILES string of the molecule is CCCn1ccnc1C(C)(O)c1ccc(C)c(C)c1. The maximum atomic E-state index is 10.9. The first kappa shape index (κ1) is 13.8. The predicted octanol–water partition coefficient (Wildman–Crippen LogP) is 3.17. The number of imidazole rings is 1. The molecule has 3 heteroatoms. The van der Waals surface area contributed by atoms with Crippen molar-refractivity contribution in [2.24, 2.45) is 0 Å². The second-order valence-corrected chi connectivity index (χ2v) is 5.32. The lowest BCUT2D eigenvalue weighted by Crippen LogP contribution is -2.27. The highest BCUT2D eigenvalue weighted by atomic mass is 16.3. The molecule has 1 atom stereocenters. The third-order valence-electron chi connectivity index (χ3n) is 3.68. The molecule has 0 bridgehead atoms. The van der Waals surface area contributed by atoms with Crippen LogP contribution in [0.25, 0.3) is 0 Å². The lowest BCUT2D eigenvalue weighted by atomic mass is 9.92. The van der Waals surface area contributed by atoms with Crippen molar-refractivity contribution in [2.45, 2.75) is 46.3 Å². The predicted molar refractivity (Wildman–Crippen MR) is 77.1 cm³/mol. The largest absolute Gasteiger partial charge is 0.377 e.